The van der Waals surface area contributed by atoms with E-state index < -0.39 is 16.1 Å². The van der Waals surface area contributed by atoms with E-state index in [1.165, 1.54) is 18.2 Å². The number of sulfonamides is 1. The predicted molar refractivity (Wildman–Crippen MR) is 78.9 cm³/mol. The minimum Gasteiger partial charge on any atom is -0.409 e. The minimum atomic E-state index is -3.93. The van der Waals surface area contributed by atoms with Crippen molar-refractivity contribution in [3.8, 4) is 0 Å². The van der Waals surface area contributed by atoms with Gasteiger partial charge in [-0.2, -0.15) is 0 Å². The Morgan fingerprint density at radius 3 is 2.70 bits per heavy atom. The van der Waals surface area contributed by atoms with Crippen LogP contribution in [-0.2, 0) is 10.0 Å². The first-order valence-electron chi connectivity index (χ1n) is 5.76. The van der Waals surface area contributed by atoms with Gasteiger partial charge in [0.1, 0.15) is 4.90 Å². The molecule has 9 heteroatoms. The average Bonchev–Trinajstić information content (AvgIpc) is 2.39. The highest BCUT2D eigenvalue weighted by molar-refractivity contribution is 7.89. The maximum atomic E-state index is 12.3. The Bertz CT molecular complexity index is 605. The van der Waals surface area contributed by atoms with Gasteiger partial charge in [0.25, 0.3) is 0 Å². The standard InChI is InChI=1S/C11H15Cl2N3O3S/c1-2-3-9(11(14)15-17)16-20(18,19)10-6-7(12)4-5-8(10)13/h4-6,9,16-17H,2-3H2,1H3,(H2,14,15). The third-order valence-electron chi connectivity index (χ3n) is 2.53. The van der Waals surface area contributed by atoms with Gasteiger partial charge in [0.2, 0.25) is 10.0 Å². The molecular weight excluding hydrogens is 325 g/mol. The number of nitrogens with one attached hydrogen (secondary N) is 1. The monoisotopic (exact) mass is 339 g/mol. The average molecular weight is 340 g/mol. The molecule has 0 saturated carbocycles. The Morgan fingerprint density at radius 2 is 2.15 bits per heavy atom. The summed E-state index contributed by atoms with van der Waals surface area (Å²) in [4.78, 5) is -0.154. The highest BCUT2D eigenvalue weighted by Gasteiger charge is 2.24. The number of nitrogens with zero attached hydrogens (tertiary/aromatic N) is 1. The van der Waals surface area contributed by atoms with E-state index in [1.54, 1.807) is 0 Å². The summed E-state index contributed by atoms with van der Waals surface area (Å²) in [5.41, 5.74) is 5.47. The van der Waals surface area contributed by atoms with E-state index in [2.05, 4.69) is 9.88 Å². The molecule has 0 amide bonds. The number of hydrogen-bond donors (Lipinski definition) is 3. The maximum absolute atomic E-state index is 12.3. The summed E-state index contributed by atoms with van der Waals surface area (Å²) in [6.45, 7) is 1.85. The molecule has 0 aliphatic rings. The van der Waals surface area contributed by atoms with Gasteiger partial charge >= 0.3 is 0 Å². The number of amidine groups is 1. The molecule has 0 radical (unpaired) electrons. The lowest BCUT2D eigenvalue weighted by Crippen LogP contribution is -2.44. The van der Waals surface area contributed by atoms with Crippen LogP contribution in [0.25, 0.3) is 0 Å². The van der Waals surface area contributed by atoms with Crippen LogP contribution in [0.3, 0.4) is 0 Å². The molecule has 0 fully saturated rings. The van der Waals surface area contributed by atoms with Crippen LogP contribution in [0.2, 0.25) is 10.0 Å². The van der Waals surface area contributed by atoms with Crippen molar-refractivity contribution >= 4 is 39.1 Å². The number of oxime groups is 1. The summed E-state index contributed by atoms with van der Waals surface area (Å²) in [7, 11) is -3.93. The van der Waals surface area contributed by atoms with E-state index >= 15 is 0 Å². The molecule has 1 aromatic rings. The fourth-order valence-electron chi connectivity index (χ4n) is 1.56. The summed E-state index contributed by atoms with van der Waals surface area (Å²) in [5, 5.41) is 11.8. The smallest absolute Gasteiger partial charge is 0.242 e. The van der Waals surface area contributed by atoms with E-state index in [0.29, 0.717) is 12.8 Å². The third-order valence-corrected chi connectivity index (χ3v) is 4.72. The van der Waals surface area contributed by atoms with E-state index in [9.17, 15) is 8.42 Å². The molecule has 112 valence electrons. The van der Waals surface area contributed by atoms with Gasteiger partial charge in [-0.25, -0.2) is 13.1 Å². The summed E-state index contributed by atoms with van der Waals surface area (Å²) in [6, 6.07) is 3.29. The molecule has 0 saturated heterocycles. The molecule has 4 N–H and O–H groups in total. The van der Waals surface area contributed by atoms with Gasteiger partial charge in [0, 0.05) is 5.02 Å². The molecule has 0 heterocycles. The summed E-state index contributed by atoms with van der Waals surface area (Å²) in [5.74, 6) is -0.214. The van der Waals surface area contributed by atoms with Crippen LogP contribution in [-0.4, -0.2) is 25.5 Å². The molecule has 1 aromatic carbocycles. The first-order chi connectivity index (χ1) is 9.31. The second-order valence-electron chi connectivity index (χ2n) is 4.06. The highest BCUT2D eigenvalue weighted by Crippen LogP contribution is 2.25. The highest BCUT2D eigenvalue weighted by atomic mass is 35.5. The Labute approximate surface area is 127 Å². The normalized spacial score (nSPS) is 14.2. The summed E-state index contributed by atoms with van der Waals surface area (Å²) >= 11 is 11.6. The lowest BCUT2D eigenvalue weighted by Gasteiger charge is -2.17. The molecule has 0 aliphatic carbocycles. The Kier molecular flexibility index (Phi) is 6.07. The molecule has 20 heavy (non-hydrogen) atoms. The maximum Gasteiger partial charge on any atom is 0.242 e. The lowest BCUT2D eigenvalue weighted by molar-refractivity contribution is 0.315. The fourth-order valence-corrected chi connectivity index (χ4v) is 3.57. The molecule has 0 aromatic heterocycles. The molecule has 0 spiro atoms. The Balaban J connectivity index is 3.13. The van der Waals surface area contributed by atoms with Gasteiger partial charge < -0.3 is 10.9 Å². The van der Waals surface area contributed by atoms with Gasteiger partial charge in [-0.15, -0.1) is 0 Å². The largest absolute Gasteiger partial charge is 0.409 e. The van der Waals surface area contributed by atoms with Crippen molar-refractivity contribution in [2.45, 2.75) is 30.7 Å². The van der Waals surface area contributed by atoms with Crippen molar-refractivity contribution in [3.63, 3.8) is 0 Å². The van der Waals surface area contributed by atoms with Crippen molar-refractivity contribution in [1.29, 1.82) is 0 Å². The van der Waals surface area contributed by atoms with Gasteiger partial charge in [0.15, 0.2) is 5.84 Å². The van der Waals surface area contributed by atoms with Crippen LogP contribution in [0.4, 0.5) is 0 Å². The fraction of sp³-hybridized carbons (Fsp3) is 0.364. The SMILES string of the molecule is CCCC(NS(=O)(=O)c1cc(Cl)ccc1Cl)/C(N)=N/O. The van der Waals surface area contributed by atoms with E-state index in [1.807, 2.05) is 6.92 Å². The number of benzene rings is 1. The summed E-state index contributed by atoms with van der Waals surface area (Å²) in [6.07, 6.45) is 1.03. The molecule has 0 aliphatic heterocycles. The van der Waals surface area contributed by atoms with Gasteiger partial charge in [-0.05, 0) is 24.6 Å². The van der Waals surface area contributed by atoms with Crippen molar-refractivity contribution < 1.29 is 13.6 Å². The topological polar surface area (TPSA) is 105 Å². The second-order valence-corrected chi connectivity index (χ2v) is 6.59. The zero-order chi connectivity index (χ0) is 15.3. The van der Waals surface area contributed by atoms with Crippen LogP contribution in [0, 0.1) is 0 Å². The Hall–Kier alpha value is -1.02. The van der Waals surface area contributed by atoms with Gasteiger partial charge in [0.05, 0.1) is 11.1 Å². The Morgan fingerprint density at radius 1 is 1.50 bits per heavy atom. The molecule has 1 rings (SSSR count). The predicted octanol–water partition coefficient (Wildman–Crippen LogP) is 2.19. The van der Waals surface area contributed by atoms with E-state index in [4.69, 9.17) is 34.1 Å². The number of halogens is 2. The number of hydrogen-bond acceptors (Lipinski definition) is 4. The molecule has 0 bridgehead atoms. The van der Waals surface area contributed by atoms with Crippen molar-refractivity contribution in [3.05, 3.63) is 28.2 Å². The van der Waals surface area contributed by atoms with Crippen LogP contribution in [0.1, 0.15) is 19.8 Å². The van der Waals surface area contributed by atoms with Crippen LogP contribution >= 0.6 is 23.2 Å². The zero-order valence-corrected chi connectivity index (χ0v) is 13.0. The molecular formula is C11H15Cl2N3O3S. The van der Waals surface area contributed by atoms with Crippen LogP contribution < -0.4 is 10.5 Å². The van der Waals surface area contributed by atoms with E-state index in [0.717, 1.165) is 0 Å². The lowest BCUT2D eigenvalue weighted by atomic mass is 10.2. The van der Waals surface area contributed by atoms with Crippen molar-refractivity contribution in [2.24, 2.45) is 10.9 Å². The minimum absolute atomic E-state index is 0.0386. The third kappa shape index (κ3) is 4.24. The molecule has 6 nitrogen and oxygen atoms in total. The first-order valence-corrected chi connectivity index (χ1v) is 8.00. The van der Waals surface area contributed by atoms with Crippen LogP contribution in [0.15, 0.2) is 28.3 Å². The first kappa shape index (κ1) is 17.0. The molecule has 1 unspecified atom stereocenters. The van der Waals surface area contributed by atoms with E-state index in [-0.39, 0.29) is 20.8 Å². The second kappa shape index (κ2) is 7.12. The number of rotatable bonds is 6. The van der Waals surface area contributed by atoms with Gasteiger partial charge in [-0.3, -0.25) is 0 Å². The van der Waals surface area contributed by atoms with Gasteiger partial charge in [-0.1, -0.05) is 41.7 Å². The number of nitrogens with two attached hydrogens (primary N) is 1. The van der Waals surface area contributed by atoms with Crippen molar-refractivity contribution in [1.82, 2.24) is 4.72 Å². The zero-order valence-electron chi connectivity index (χ0n) is 10.7. The summed E-state index contributed by atoms with van der Waals surface area (Å²) < 4.78 is 26.9. The quantitative estimate of drug-likeness (QED) is 0.319. The molecule has 1 atom stereocenters. The van der Waals surface area contributed by atoms with Crippen molar-refractivity contribution in [2.75, 3.05) is 0 Å². The van der Waals surface area contributed by atoms with Crippen LogP contribution in [0.5, 0.6) is 0 Å².